The number of hydrogen-bond donors (Lipinski definition) is 2. The monoisotopic (exact) mass is 242 g/mol. The minimum Gasteiger partial charge on any atom is -0.457 e. The van der Waals surface area contributed by atoms with Crippen molar-refractivity contribution in [3.05, 3.63) is 58.7 Å². The van der Waals surface area contributed by atoms with Crippen molar-refractivity contribution in [3.8, 4) is 11.5 Å². The summed E-state index contributed by atoms with van der Waals surface area (Å²) in [4.78, 5) is 0. The molecule has 3 nitrogen and oxygen atoms in total. The molecule has 2 aromatic rings. The van der Waals surface area contributed by atoms with E-state index in [0.29, 0.717) is 0 Å². The average molecular weight is 242 g/mol. The molecule has 1 heterocycles. The first-order chi connectivity index (χ1) is 8.80. The zero-order valence-corrected chi connectivity index (χ0v) is 9.89. The van der Waals surface area contributed by atoms with Crippen LogP contribution in [0.15, 0.2) is 36.4 Å². The Hall–Kier alpha value is -1.84. The number of rotatable bonds is 2. The SMILES string of the molecule is OCc1ccc2c(c1)Cc1cc(CO)ccc1O2. The van der Waals surface area contributed by atoms with Crippen LogP contribution in [0.3, 0.4) is 0 Å². The lowest BCUT2D eigenvalue weighted by atomic mass is 9.97. The largest absolute Gasteiger partial charge is 0.457 e. The molecule has 0 amide bonds. The zero-order valence-electron chi connectivity index (χ0n) is 9.89. The molecule has 0 saturated carbocycles. The standard InChI is InChI=1S/C15H14O3/c16-8-10-1-3-14-12(5-10)7-13-6-11(9-17)2-4-15(13)18-14/h1-6,16-17H,7-9H2. The third-order valence-electron chi connectivity index (χ3n) is 3.22. The topological polar surface area (TPSA) is 49.7 Å². The molecule has 1 aliphatic heterocycles. The summed E-state index contributed by atoms with van der Waals surface area (Å²) in [6.45, 7) is 0.0770. The smallest absolute Gasteiger partial charge is 0.130 e. The van der Waals surface area contributed by atoms with E-state index in [0.717, 1.165) is 40.2 Å². The average Bonchev–Trinajstić information content (AvgIpc) is 2.43. The number of ether oxygens (including phenoxy) is 1. The number of hydrogen-bond acceptors (Lipinski definition) is 3. The fourth-order valence-electron chi connectivity index (χ4n) is 2.26. The van der Waals surface area contributed by atoms with Gasteiger partial charge in [-0.15, -0.1) is 0 Å². The van der Waals surface area contributed by atoms with E-state index in [9.17, 15) is 0 Å². The van der Waals surface area contributed by atoms with Gasteiger partial charge in [0.1, 0.15) is 11.5 Å². The lowest BCUT2D eigenvalue weighted by molar-refractivity contribution is 0.281. The second kappa shape index (κ2) is 4.44. The van der Waals surface area contributed by atoms with E-state index in [4.69, 9.17) is 14.9 Å². The molecule has 0 radical (unpaired) electrons. The van der Waals surface area contributed by atoms with Crippen LogP contribution in [0.1, 0.15) is 22.3 Å². The quantitative estimate of drug-likeness (QED) is 0.725. The number of fused-ring (bicyclic) bond motifs is 2. The summed E-state index contributed by atoms with van der Waals surface area (Å²) in [6, 6.07) is 11.4. The lowest BCUT2D eigenvalue weighted by Gasteiger charge is -2.21. The van der Waals surface area contributed by atoms with E-state index in [2.05, 4.69) is 0 Å². The van der Waals surface area contributed by atoms with Crippen LogP contribution in [0.4, 0.5) is 0 Å². The van der Waals surface area contributed by atoms with Crippen molar-refractivity contribution >= 4 is 0 Å². The van der Waals surface area contributed by atoms with Crippen molar-refractivity contribution in [1.29, 1.82) is 0 Å². The third kappa shape index (κ3) is 1.88. The molecule has 3 rings (SSSR count). The molecule has 0 aromatic heterocycles. The van der Waals surface area contributed by atoms with Gasteiger partial charge in [0.05, 0.1) is 13.2 Å². The molecule has 18 heavy (non-hydrogen) atoms. The molecule has 2 N–H and O–H groups in total. The van der Waals surface area contributed by atoms with Gasteiger partial charge in [0, 0.05) is 6.42 Å². The molecular weight excluding hydrogens is 228 g/mol. The molecule has 3 heteroatoms. The van der Waals surface area contributed by atoms with Crippen LogP contribution in [0, 0.1) is 0 Å². The van der Waals surface area contributed by atoms with Gasteiger partial charge in [-0.3, -0.25) is 0 Å². The normalized spacial score (nSPS) is 12.6. The molecule has 0 aliphatic carbocycles. The van der Waals surface area contributed by atoms with Gasteiger partial charge in [-0.25, -0.2) is 0 Å². The van der Waals surface area contributed by atoms with Crippen molar-refractivity contribution in [1.82, 2.24) is 0 Å². The van der Waals surface area contributed by atoms with E-state index in [1.54, 1.807) is 0 Å². The molecule has 1 aliphatic rings. The maximum atomic E-state index is 9.14. The summed E-state index contributed by atoms with van der Waals surface area (Å²) < 4.78 is 5.81. The van der Waals surface area contributed by atoms with E-state index in [1.807, 2.05) is 36.4 Å². The van der Waals surface area contributed by atoms with Crippen molar-refractivity contribution in [2.24, 2.45) is 0 Å². The molecular formula is C15H14O3. The first-order valence-electron chi connectivity index (χ1n) is 5.93. The van der Waals surface area contributed by atoms with E-state index in [-0.39, 0.29) is 13.2 Å². The molecule has 0 spiro atoms. The Balaban J connectivity index is 2.01. The Morgan fingerprint density at radius 2 is 1.33 bits per heavy atom. The van der Waals surface area contributed by atoms with Crippen molar-refractivity contribution in [2.75, 3.05) is 0 Å². The molecule has 2 aromatic carbocycles. The Kier molecular flexibility index (Phi) is 2.78. The minimum atomic E-state index is 0.0385. The third-order valence-corrected chi connectivity index (χ3v) is 3.22. The Morgan fingerprint density at radius 1 is 0.833 bits per heavy atom. The van der Waals surface area contributed by atoms with Gasteiger partial charge in [-0.05, 0) is 46.5 Å². The van der Waals surface area contributed by atoms with Crippen molar-refractivity contribution < 1.29 is 14.9 Å². The van der Waals surface area contributed by atoms with Gasteiger partial charge in [0.2, 0.25) is 0 Å². The highest BCUT2D eigenvalue weighted by molar-refractivity contribution is 5.51. The van der Waals surface area contributed by atoms with Crippen LogP contribution in [0.25, 0.3) is 0 Å². The number of benzene rings is 2. The lowest BCUT2D eigenvalue weighted by Crippen LogP contribution is -2.04. The highest BCUT2D eigenvalue weighted by atomic mass is 16.5. The highest BCUT2D eigenvalue weighted by Crippen LogP contribution is 2.37. The van der Waals surface area contributed by atoms with Crippen LogP contribution in [-0.4, -0.2) is 10.2 Å². The zero-order chi connectivity index (χ0) is 12.5. The summed E-state index contributed by atoms with van der Waals surface area (Å²) in [5.41, 5.74) is 3.92. The number of aliphatic hydroxyl groups excluding tert-OH is 2. The highest BCUT2D eigenvalue weighted by Gasteiger charge is 2.17. The first kappa shape index (κ1) is 11.3. The van der Waals surface area contributed by atoms with Gasteiger partial charge < -0.3 is 14.9 Å². The summed E-state index contributed by atoms with van der Waals surface area (Å²) >= 11 is 0. The number of aliphatic hydroxyl groups is 2. The maximum absolute atomic E-state index is 9.14. The molecule has 92 valence electrons. The van der Waals surface area contributed by atoms with Crippen molar-refractivity contribution in [2.45, 2.75) is 19.6 Å². The van der Waals surface area contributed by atoms with Crippen LogP contribution >= 0.6 is 0 Å². The molecule has 0 atom stereocenters. The summed E-state index contributed by atoms with van der Waals surface area (Å²) in [5.74, 6) is 1.69. The molecule has 0 saturated heterocycles. The van der Waals surface area contributed by atoms with Crippen LogP contribution in [0.2, 0.25) is 0 Å². The first-order valence-corrected chi connectivity index (χ1v) is 5.93. The predicted molar refractivity (Wildman–Crippen MR) is 67.6 cm³/mol. The molecule has 0 bridgehead atoms. The second-order valence-corrected chi connectivity index (χ2v) is 4.48. The van der Waals surface area contributed by atoms with E-state index >= 15 is 0 Å². The van der Waals surface area contributed by atoms with Gasteiger partial charge in [-0.1, -0.05) is 12.1 Å². The van der Waals surface area contributed by atoms with Crippen LogP contribution < -0.4 is 4.74 Å². The molecule has 0 unspecified atom stereocenters. The van der Waals surface area contributed by atoms with Crippen molar-refractivity contribution in [3.63, 3.8) is 0 Å². The van der Waals surface area contributed by atoms with E-state index in [1.165, 1.54) is 0 Å². The van der Waals surface area contributed by atoms with Gasteiger partial charge in [-0.2, -0.15) is 0 Å². The van der Waals surface area contributed by atoms with Crippen LogP contribution in [-0.2, 0) is 19.6 Å². The minimum absolute atomic E-state index is 0.0385. The fraction of sp³-hybridized carbons (Fsp3) is 0.200. The van der Waals surface area contributed by atoms with Gasteiger partial charge >= 0.3 is 0 Å². The summed E-state index contributed by atoms with van der Waals surface area (Å²) in [5, 5.41) is 18.3. The molecule has 0 fully saturated rings. The Morgan fingerprint density at radius 3 is 1.78 bits per heavy atom. The van der Waals surface area contributed by atoms with Gasteiger partial charge in [0.25, 0.3) is 0 Å². The van der Waals surface area contributed by atoms with E-state index < -0.39 is 0 Å². The predicted octanol–water partition coefficient (Wildman–Crippen LogP) is 2.37. The fourth-order valence-corrected chi connectivity index (χ4v) is 2.26. The van der Waals surface area contributed by atoms with Crippen LogP contribution in [0.5, 0.6) is 11.5 Å². The Bertz CT molecular complexity index is 539. The second-order valence-electron chi connectivity index (χ2n) is 4.48. The summed E-state index contributed by atoms with van der Waals surface area (Å²) in [6.07, 6.45) is 0.770. The summed E-state index contributed by atoms with van der Waals surface area (Å²) in [7, 11) is 0. The van der Waals surface area contributed by atoms with Gasteiger partial charge in [0.15, 0.2) is 0 Å². The maximum Gasteiger partial charge on any atom is 0.130 e. The Labute approximate surface area is 105 Å².